The summed E-state index contributed by atoms with van der Waals surface area (Å²) in [5.74, 6) is -0.302. The van der Waals surface area contributed by atoms with Gasteiger partial charge in [0, 0.05) is 22.3 Å². The van der Waals surface area contributed by atoms with E-state index >= 15 is 0 Å². The first kappa shape index (κ1) is 30.7. The number of hydrogen-bond acceptors (Lipinski definition) is 7. The Bertz CT molecular complexity index is 1670. The van der Waals surface area contributed by atoms with Crippen LogP contribution in [0, 0.1) is 0 Å². The molecule has 4 aromatic rings. The van der Waals surface area contributed by atoms with Crippen LogP contribution in [0.2, 0.25) is 5.02 Å². The van der Waals surface area contributed by atoms with Crippen molar-refractivity contribution in [3.63, 3.8) is 0 Å². The number of halogens is 1. The van der Waals surface area contributed by atoms with Crippen molar-refractivity contribution < 1.29 is 23.1 Å². The number of aliphatic hydroxyl groups is 1. The van der Waals surface area contributed by atoms with Crippen molar-refractivity contribution in [1.82, 2.24) is 15.0 Å². The Morgan fingerprint density at radius 3 is 2.21 bits per heavy atom. The van der Waals surface area contributed by atoms with Gasteiger partial charge in [0.15, 0.2) is 0 Å². The normalized spacial score (nSPS) is 12.1. The van der Waals surface area contributed by atoms with E-state index in [0.717, 1.165) is 22.3 Å². The first-order valence-electron chi connectivity index (χ1n) is 13.0. The number of aliphatic hydroxyl groups excluding tert-OH is 1. The lowest BCUT2D eigenvalue weighted by atomic mass is 9.97. The fourth-order valence-electron chi connectivity index (χ4n) is 3.90. The minimum atomic E-state index is -4.06. The summed E-state index contributed by atoms with van der Waals surface area (Å²) >= 11 is 6.10. The third-order valence-electron chi connectivity index (χ3n) is 5.83. The van der Waals surface area contributed by atoms with Gasteiger partial charge in [-0.1, -0.05) is 66.2 Å². The van der Waals surface area contributed by atoms with Crippen molar-refractivity contribution in [2.45, 2.75) is 44.4 Å². The highest BCUT2D eigenvalue weighted by Gasteiger charge is 2.21. The number of alkyl carbamates (subject to hydrolysis) is 1. The SMILES string of the molecule is CC(C)(C)OC(=O)NC(=NCc1cnc(-c2ccc(Cl)cc2)c(-c2ccc(CO)cc2)c1)NS(=O)(=O)c1ccccc1. The zero-order valence-electron chi connectivity index (χ0n) is 23.3. The summed E-state index contributed by atoms with van der Waals surface area (Å²) in [7, 11) is -4.06. The number of ether oxygens (including phenoxy) is 1. The molecule has 218 valence electrons. The molecule has 0 fully saturated rings. The molecule has 42 heavy (non-hydrogen) atoms. The van der Waals surface area contributed by atoms with Crippen LogP contribution >= 0.6 is 11.6 Å². The molecule has 3 aromatic carbocycles. The Morgan fingerprint density at radius 1 is 0.952 bits per heavy atom. The second-order valence-electron chi connectivity index (χ2n) is 10.3. The quantitative estimate of drug-likeness (QED) is 0.177. The number of hydrogen-bond donors (Lipinski definition) is 3. The number of rotatable bonds is 7. The summed E-state index contributed by atoms with van der Waals surface area (Å²) in [5, 5.41) is 12.5. The third kappa shape index (κ3) is 8.39. The van der Waals surface area contributed by atoms with Crippen molar-refractivity contribution in [2.75, 3.05) is 0 Å². The van der Waals surface area contributed by atoms with Gasteiger partial charge >= 0.3 is 6.09 Å². The van der Waals surface area contributed by atoms with Gasteiger partial charge in [-0.2, -0.15) is 0 Å². The van der Waals surface area contributed by atoms with Gasteiger partial charge < -0.3 is 9.84 Å². The lowest BCUT2D eigenvalue weighted by Gasteiger charge is -2.20. The number of sulfonamides is 1. The van der Waals surface area contributed by atoms with Crippen LogP contribution in [-0.4, -0.2) is 36.2 Å². The molecule has 11 heteroatoms. The molecule has 0 atom stereocenters. The summed E-state index contributed by atoms with van der Waals surface area (Å²) in [6.45, 7) is 4.99. The average Bonchev–Trinajstić information content (AvgIpc) is 2.95. The van der Waals surface area contributed by atoms with Crippen LogP contribution in [0.15, 0.2) is 101 Å². The summed E-state index contributed by atoms with van der Waals surface area (Å²) < 4.78 is 33.7. The van der Waals surface area contributed by atoms with E-state index in [2.05, 4.69) is 15.0 Å². The lowest BCUT2D eigenvalue weighted by molar-refractivity contribution is 0.0562. The minimum Gasteiger partial charge on any atom is -0.444 e. The number of aliphatic imine (C=N–C) groups is 1. The van der Waals surface area contributed by atoms with Crippen molar-refractivity contribution in [2.24, 2.45) is 4.99 Å². The first-order valence-corrected chi connectivity index (χ1v) is 14.9. The molecular weight excluding hydrogens is 576 g/mol. The van der Waals surface area contributed by atoms with Crippen LogP contribution in [0.3, 0.4) is 0 Å². The van der Waals surface area contributed by atoms with Gasteiger partial charge in [0.25, 0.3) is 10.0 Å². The van der Waals surface area contributed by atoms with Crippen molar-refractivity contribution in [3.8, 4) is 22.4 Å². The molecular formula is C31H31ClN4O5S. The van der Waals surface area contributed by atoms with Crippen molar-refractivity contribution in [3.05, 3.63) is 107 Å². The molecule has 0 unspecified atom stereocenters. The number of amides is 1. The molecule has 3 N–H and O–H groups in total. The molecule has 1 amide bonds. The molecule has 1 heterocycles. The van der Waals surface area contributed by atoms with Crippen molar-refractivity contribution >= 4 is 33.7 Å². The van der Waals surface area contributed by atoms with Gasteiger partial charge in [0.1, 0.15) is 5.60 Å². The van der Waals surface area contributed by atoms with Gasteiger partial charge in [0.05, 0.1) is 23.7 Å². The molecule has 0 radical (unpaired) electrons. The second kappa shape index (κ2) is 13.2. The van der Waals surface area contributed by atoms with E-state index in [1.807, 2.05) is 42.5 Å². The zero-order chi connectivity index (χ0) is 30.3. The Labute approximate surface area is 250 Å². The number of nitrogens with one attached hydrogen (secondary N) is 2. The highest BCUT2D eigenvalue weighted by molar-refractivity contribution is 7.90. The van der Waals surface area contributed by atoms with E-state index in [4.69, 9.17) is 21.3 Å². The molecule has 0 aliphatic rings. The summed E-state index contributed by atoms with van der Waals surface area (Å²) in [5.41, 5.74) is 3.80. The Morgan fingerprint density at radius 2 is 1.60 bits per heavy atom. The molecule has 0 spiro atoms. The Hall–Kier alpha value is -4.25. The number of carbonyl (C=O) groups is 1. The molecule has 1 aromatic heterocycles. The zero-order valence-corrected chi connectivity index (χ0v) is 24.9. The molecule has 9 nitrogen and oxygen atoms in total. The monoisotopic (exact) mass is 606 g/mol. The number of guanidine groups is 1. The van der Waals surface area contributed by atoms with Crippen LogP contribution in [0.5, 0.6) is 0 Å². The van der Waals surface area contributed by atoms with E-state index < -0.39 is 21.7 Å². The predicted molar refractivity (Wildman–Crippen MR) is 163 cm³/mol. The van der Waals surface area contributed by atoms with Gasteiger partial charge in [-0.05, 0) is 67.8 Å². The summed E-state index contributed by atoms with van der Waals surface area (Å²) in [6, 6.07) is 24.4. The number of nitrogens with zero attached hydrogens (tertiary/aromatic N) is 2. The molecule has 4 rings (SSSR count). The van der Waals surface area contributed by atoms with E-state index in [-0.39, 0.29) is 24.0 Å². The minimum absolute atomic E-state index is 0.00582. The van der Waals surface area contributed by atoms with Crippen LogP contribution in [0.25, 0.3) is 22.4 Å². The molecule has 0 saturated heterocycles. The maximum atomic E-state index is 13.0. The second-order valence-corrected chi connectivity index (χ2v) is 12.4. The average molecular weight is 607 g/mol. The van der Waals surface area contributed by atoms with Crippen molar-refractivity contribution in [1.29, 1.82) is 0 Å². The van der Waals surface area contributed by atoms with Crippen LogP contribution in [0.4, 0.5) is 4.79 Å². The largest absolute Gasteiger partial charge is 0.444 e. The fraction of sp³-hybridized carbons (Fsp3) is 0.194. The summed E-state index contributed by atoms with van der Waals surface area (Å²) in [4.78, 5) is 21.6. The predicted octanol–water partition coefficient (Wildman–Crippen LogP) is 5.92. The van der Waals surface area contributed by atoms with Gasteiger partial charge in [-0.15, -0.1) is 0 Å². The summed E-state index contributed by atoms with van der Waals surface area (Å²) in [6.07, 6.45) is 0.772. The maximum Gasteiger partial charge on any atom is 0.414 e. The van der Waals surface area contributed by atoms with Crippen LogP contribution in [-0.2, 0) is 27.9 Å². The molecule has 0 bridgehead atoms. The first-order chi connectivity index (χ1) is 19.9. The standard InChI is InChI=1S/C31H31ClN4O5S/c1-31(2,3)41-30(38)35-29(36-42(39,40)26-7-5-4-6-8-26)34-19-22-17-27(23-11-9-21(20-37)10-12-23)28(33-18-22)24-13-15-25(32)16-14-24/h4-18,37H,19-20H2,1-3H3,(H2,34,35,36,38). The molecule has 0 aliphatic heterocycles. The Balaban J connectivity index is 1.70. The topological polar surface area (TPSA) is 130 Å². The number of benzene rings is 3. The van der Waals surface area contributed by atoms with E-state index in [0.29, 0.717) is 16.3 Å². The van der Waals surface area contributed by atoms with Crippen LogP contribution < -0.4 is 10.0 Å². The number of aromatic nitrogens is 1. The Kier molecular flexibility index (Phi) is 9.62. The van der Waals surface area contributed by atoms with Gasteiger partial charge in [-0.3, -0.25) is 10.3 Å². The smallest absolute Gasteiger partial charge is 0.414 e. The van der Waals surface area contributed by atoms with E-state index in [1.165, 1.54) is 12.1 Å². The van der Waals surface area contributed by atoms with Gasteiger partial charge in [-0.25, -0.2) is 22.9 Å². The maximum absolute atomic E-state index is 13.0. The van der Waals surface area contributed by atoms with E-state index in [1.54, 1.807) is 57.3 Å². The highest BCUT2D eigenvalue weighted by atomic mass is 35.5. The lowest BCUT2D eigenvalue weighted by Crippen LogP contribution is -2.45. The highest BCUT2D eigenvalue weighted by Crippen LogP contribution is 2.32. The van der Waals surface area contributed by atoms with Crippen LogP contribution in [0.1, 0.15) is 31.9 Å². The molecule has 0 aliphatic carbocycles. The number of carbonyl (C=O) groups excluding carboxylic acids is 1. The third-order valence-corrected chi connectivity index (χ3v) is 7.44. The fourth-order valence-corrected chi connectivity index (χ4v) is 5.03. The molecule has 0 saturated carbocycles. The van der Waals surface area contributed by atoms with Gasteiger partial charge in [0.2, 0.25) is 5.96 Å². The van der Waals surface area contributed by atoms with E-state index in [9.17, 15) is 18.3 Å². The number of pyridine rings is 1.